The van der Waals surface area contributed by atoms with Crippen LogP contribution in [0.3, 0.4) is 0 Å². The van der Waals surface area contributed by atoms with Crippen LogP contribution in [-0.2, 0) is 9.59 Å². The van der Waals surface area contributed by atoms with E-state index in [9.17, 15) is 9.59 Å². The van der Waals surface area contributed by atoms with Crippen molar-refractivity contribution in [2.75, 3.05) is 25.1 Å². The summed E-state index contributed by atoms with van der Waals surface area (Å²) in [6.07, 6.45) is 1.96. The minimum atomic E-state index is -0.223. The van der Waals surface area contributed by atoms with Gasteiger partial charge in [-0.2, -0.15) is 11.8 Å². The van der Waals surface area contributed by atoms with E-state index in [1.165, 1.54) is 4.90 Å². The van der Waals surface area contributed by atoms with Gasteiger partial charge in [-0.05, 0) is 13.2 Å². The summed E-state index contributed by atoms with van der Waals surface area (Å²) in [5, 5.41) is 2.84. The molecule has 1 unspecified atom stereocenters. The van der Waals surface area contributed by atoms with E-state index in [1.54, 1.807) is 18.7 Å². The number of imide groups is 1. The molecule has 0 spiro atoms. The van der Waals surface area contributed by atoms with Gasteiger partial charge in [0, 0.05) is 12.3 Å². The maximum atomic E-state index is 11.5. The molecule has 74 valence electrons. The van der Waals surface area contributed by atoms with Crippen molar-refractivity contribution in [3.63, 3.8) is 0 Å². The third kappa shape index (κ3) is 2.45. The Kier molecular flexibility index (Phi) is 3.74. The van der Waals surface area contributed by atoms with Crippen molar-refractivity contribution in [2.45, 2.75) is 13.0 Å². The fourth-order valence-electron chi connectivity index (χ4n) is 1.20. The molecule has 0 bridgehead atoms. The number of carbonyl (C=O) groups excluding carboxylic acids is 2. The first-order chi connectivity index (χ1) is 6.16. The average molecular weight is 202 g/mol. The molecule has 1 heterocycles. The lowest BCUT2D eigenvalue weighted by molar-refractivity contribution is -0.148. The molecule has 0 aromatic rings. The number of thioether (sulfide) groups is 1. The molecule has 5 heteroatoms. The first kappa shape index (κ1) is 10.5. The zero-order valence-electron chi connectivity index (χ0n) is 7.87. The average Bonchev–Trinajstić information content (AvgIpc) is 2.12. The second kappa shape index (κ2) is 4.62. The monoisotopic (exact) mass is 202 g/mol. The number of piperazine rings is 1. The van der Waals surface area contributed by atoms with E-state index >= 15 is 0 Å². The highest BCUT2D eigenvalue weighted by molar-refractivity contribution is 7.98. The topological polar surface area (TPSA) is 49.4 Å². The Bertz CT molecular complexity index is 220. The summed E-state index contributed by atoms with van der Waals surface area (Å²) in [5.74, 6) is 0.590. The maximum Gasteiger partial charge on any atom is 0.246 e. The van der Waals surface area contributed by atoms with Crippen LogP contribution < -0.4 is 5.32 Å². The van der Waals surface area contributed by atoms with Gasteiger partial charge in [-0.1, -0.05) is 0 Å². The van der Waals surface area contributed by atoms with Gasteiger partial charge in [-0.15, -0.1) is 0 Å². The predicted octanol–water partition coefficient (Wildman–Crippen LogP) is -0.304. The van der Waals surface area contributed by atoms with Gasteiger partial charge in [0.2, 0.25) is 11.8 Å². The van der Waals surface area contributed by atoms with Crippen LogP contribution in [0.2, 0.25) is 0 Å². The first-order valence-corrected chi connectivity index (χ1v) is 5.62. The summed E-state index contributed by atoms with van der Waals surface area (Å²) in [6, 6.07) is -0.223. The largest absolute Gasteiger partial charge is 0.298 e. The minimum absolute atomic E-state index is 0.106. The van der Waals surface area contributed by atoms with Crippen molar-refractivity contribution < 1.29 is 9.59 Å². The lowest BCUT2D eigenvalue weighted by Gasteiger charge is -2.29. The molecule has 1 aliphatic rings. The molecular weight excluding hydrogens is 188 g/mol. The van der Waals surface area contributed by atoms with Crippen LogP contribution in [0.4, 0.5) is 0 Å². The predicted molar refractivity (Wildman–Crippen MR) is 52.6 cm³/mol. The highest BCUT2D eigenvalue weighted by atomic mass is 32.2. The van der Waals surface area contributed by atoms with Gasteiger partial charge in [0.1, 0.15) is 0 Å². The van der Waals surface area contributed by atoms with Crippen molar-refractivity contribution in [1.29, 1.82) is 0 Å². The van der Waals surface area contributed by atoms with Crippen LogP contribution in [0.25, 0.3) is 0 Å². The molecule has 4 nitrogen and oxygen atoms in total. The second-order valence-electron chi connectivity index (χ2n) is 2.98. The Hall–Kier alpha value is -0.550. The van der Waals surface area contributed by atoms with Gasteiger partial charge in [0.15, 0.2) is 0 Å². The minimum Gasteiger partial charge on any atom is -0.298 e. The quantitative estimate of drug-likeness (QED) is 0.638. The first-order valence-electron chi connectivity index (χ1n) is 4.23. The highest BCUT2D eigenvalue weighted by Gasteiger charge is 2.30. The number of nitrogens with one attached hydrogen (secondary N) is 1. The Morgan fingerprint density at radius 3 is 2.92 bits per heavy atom. The van der Waals surface area contributed by atoms with Crippen molar-refractivity contribution in [3.05, 3.63) is 0 Å². The SMILES string of the molecule is CSCCN1C(=O)CNC(C)C1=O. The smallest absolute Gasteiger partial charge is 0.246 e. The van der Waals surface area contributed by atoms with Gasteiger partial charge >= 0.3 is 0 Å². The van der Waals surface area contributed by atoms with Gasteiger partial charge < -0.3 is 0 Å². The number of carbonyl (C=O) groups is 2. The van der Waals surface area contributed by atoms with Gasteiger partial charge in [0.05, 0.1) is 12.6 Å². The summed E-state index contributed by atoms with van der Waals surface area (Å²) in [5.41, 5.74) is 0. The van der Waals surface area contributed by atoms with Crippen molar-refractivity contribution in [1.82, 2.24) is 10.2 Å². The molecule has 0 radical (unpaired) electrons. The van der Waals surface area contributed by atoms with Crippen molar-refractivity contribution in [3.8, 4) is 0 Å². The Balaban J connectivity index is 2.56. The Labute approximate surface area is 82.0 Å². The molecule has 1 saturated heterocycles. The molecule has 0 aliphatic carbocycles. The van der Waals surface area contributed by atoms with Gasteiger partial charge in [-0.25, -0.2) is 0 Å². The van der Waals surface area contributed by atoms with Crippen molar-refractivity contribution >= 4 is 23.6 Å². The van der Waals surface area contributed by atoms with E-state index in [-0.39, 0.29) is 24.4 Å². The van der Waals surface area contributed by atoms with Crippen LogP contribution in [0, 0.1) is 0 Å². The summed E-state index contributed by atoms with van der Waals surface area (Å²) in [4.78, 5) is 24.1. The number of hydrogen-bond donors (Lipinski definition) is 1. The number of rotatable bonds is 3. The summed E-state index contributed by atoms with van der Waals surface area (Å²) in [6.45, 7) is 2.59. The highest BCUT2D eigenvalue weighted by Crippen LogP contribution is 2.04. The van der Waals surface area contributed by atoms with Crippen LogP contribution in [-0.4, -0.2) is 47.9 Å². The molecule has 0 aromatic carbocycles. The number of hydrogen-bond acceptors (Lipinski definition) is 4. The summed E-state index contributed by atoms with van der Waals surface area (Å²) < 4.78 is 0. The van der Waals surface area contributed by atoms with E-state index in [1.807, 2.05) is 6.26 Å². The molecule has 1 fully saturated rings. The molecular formula is C8H14N2O2S. The van der Waals surface area contributed by atoms with E-state index in [2.05, 4.69) is 5.32 Å². The Morgan fingerprint density at radius 2 is 2.31 bits per heavy atom. The number of amides is 2. The Morgan fingerprint density at radius 1 is 1.62 bits per heavy atom. The third-order valence-electron chi connectivity index (χ3n) is 2.02. The normalized spacial score (nSPS) is 23.8. The van der Waals surface area contributed by atoms with Crippen LogP contribution in [0.5, 0.6) is 0 Å². The maximum absolute atomic E-state index is 11.5. The molecule has 0 aromatic heterocycles. The van der Waals surface area contributed by atoms with Crippen LogP contribution in [0.1, 0.15) is 6.92 Å². The fourth-order valence-corrected chi connectivity index (χ4v) is 1.56. The fraction of sp³-hybridized carbons (Fsp3) is 0.750. The zero-order valence-corrected chi connectivity index (χ0v) is 8.69. The van der Waals surface area contributed by atoms with Gasteiger partial charge in [0.25, 0.3) is 0 Å². The molecule has 1 atom stereocenters. The van der Waals surface area contributed by atoms with E-state index in [4.69, 9.17) is 0 Å². The zero-order chi connectivity index (χ0) is 9.84. The molecule has 1 rings (SSSR count). The lowest BCUT2D eigenvalue weighted by atomic mass is 10.2. The van der Waals surface area contributed by atoms with Crippen LogP contribution in [0.15, 0.2) is 0 Å². The lowest BCUT2D eigenvalue weighted by Crippen LogP contribution is -2.57. The van der Waals surface area contributed by atoms with E-state index < -0.39 is 0 Å². The summed E-state index contributed by atoms with van der Waals surface area (Å²) in [7, 11) is 0. The second-order valence-corrected chi connectivity index (χ2v) is 3.96. The number of nitrogens with zero attached hydrogens (tertiary/aromatic N) is 1. The summed E-state index contributed by atoms with van der Waals surface area (Å²) >= 11 is 1.63. The molecule has 1 N–H and O–H groups in total. The molecule has 13 heavy (non-hydrogen) atoms. The van der Waals surface area contributed by atoms with Crippen molar-refractivity contribution in [2.24, 2.45) is 0 Å². The van der Waals surface area contributed by atoms with Gasteiger partial charge in [-0.3, -0.25) is 19.8 Å². The van der Waals surface area contributed by atoms with E-state index in [0.29, 0.717) is 6.54 Å². The standard InChI is InChI=1S/C8H14N2O2S/c1-6-8(12)10(3-4-13-2)7(11)5-9-6/h6,9H,3-5H2,1-2H3. The molecule has 1 aliphatic heterocycles. The molecule has 2 amide bonds. The van der Waals surface area contributed by atoms with E-state index in [0.717, 1.165) is 5.75 Å². The van der Waals surface area contributed by atoms with Crippen LogP contribution >= 0.6 is 11.8 Å². The molecule has 0 saturated carbocycles. The third-order valence-corrected chi connectivity index (χ3v) is 2.61.